The molecule has 0 bridgehead atoms. The molecule has 0 saturated heterocycles. The van der Waals surface area contributed by atoms with Gasteiger partial charge in [-0.1, -0.05) is 33.3 Å². The molecule has 0 nitrogen and oxygen atoms in total. The second kappa shape index (κ2) is 12.6. The van der Waals surface area contributed by atoms with Crippen molar-refractivity contribution in [2.24, 2.45) is 0 Å². The summed E-state index contributed by atoms with van der Waals surface area (Å²) in [4.78, 5) is 0. The standard InChI is InChI=1S/C11H23S.BrH/c1-4-7-10-12(9-6-3)11-8-5-2;/h6H,3-5,7-11H2,1-2H3;1H/q+1;/p-1. The minimum atomic E-state index is 0. The maximum Gasteiger partial charge on any atom is 0.126 e. The van der Waals surface area contributed by atoms with E-state index in [4.69, 9.17) is 0 Å². The molecule has 0 unspecified atom stereocenters. The van der Waals surface area contributed by atoms with E-state index in [0.29, 0.717) is 10.9 Å². The Kier molecular flexibility index (Phi) is 15.5. The third kappa shape index (κ3) is 10.5. The number of hydrogen-bond acceptors (Lipinski definition) is 0. The van der Waals surface area contributed by atoms with Gasteiger partial charge in [-0.25, -0.2) is 0 Å². The molecule has 0 atom stereocenters. The molecule has 0 spiro atoms. The van der Waals surface area contributed by atoms with Crippen LogP contribution < -0.4 is 17.0 Å². The molecule has 13 heavy (non-hydrogen) atoms. The van der Waals surface area contributed by atoms with Gasteiger partial charge in [0.15, 0.2) is 0 Å². The molecule has 80 valence electrons. The Morgan fingerprint density at radius 1 is 1.08 bits per heavy atom. The van der Waals surface area contributed by atoms with Crippen LogP contribution in [0, 0.1) is 0 Å². The molecule has 0 amide bonds. The molecule has 0 saturated carbocycles. The highest BCUT2D eigenvalue weighted by atomic mass is 79.9. The molecule has 0 aromatic heterocycles. The molecule has 0 heterocycles. The van der Waals surface area contributed by atoms with Crippen LogP contribution in [0.3, 0.4) is 0 Å². The van der Waals surface area contributed by atoms with Gasteiger partial charge in [0.25, 0.3) is 0 Å². The van der Waals surface area contributed by atoms with Crippen LogP contribution >= 0.6 is 0 Å². The predicted octanol–water partition coefficient (Wildman–Crippen LogP) is 0.395. The van der Waals surface area contributed by atoms with Gasteiger partial charge in [-0.05, 0) is 29.8 Å². The van der Waals surface area contributed by atoms with E-state index >= 15 is 0 Å². The summed E-state index contributed by atoms with van der Waals surface area (Å²) in [5.74, 6) is 4.12. The summed E-state index contributed by atoms with van der Waals surface area (Å²) in [7, 11) is 0.658. The van der Waals surface area contributed by atoms with E-state index in [1.165, 1.54) is 42.9 Å². The lowest BCUT2D eigenvalue weighted by Crippen LogP contribution is -3.00. The zero-order valence-electron chi connectivity index (χ0n) is 9.02. The van der Waals surface area contributed by atoms with E-state index in [9.17, 15) is 0 Å². The summed E-state index contributed by atoms with van der Waals surface area (Å²) in [6.07, 6.45) is 7.58. The number of unbranched alkanes of at least 4 members (excludes halogenated alkanes) is 2. The SMILES string of the molecule is C=CC[S+](CCCC)CCCC.[Br-]. The zero-order valence-corrected chi connectivity index (χ0v) is 11.4. The highest BCUT2D eigenvalue weighted by Crippen LogP contribution is 2.05. The smallest absolute Gasteiger partial charge is 0.126 e. The van der Waals surface area contributed by atoms with E-state index in [0.717, 1.165) is 0 Å². The Morgan fingerprint density at radius 3 is 1.85 bits per heavy atom. The topological polar surface area (TPSA) is 0 Å². The maximum absolute atomic E-state index is 3.82. The van der Waals surface area contributed by atoms with Gasteiger partial charge >= 0.3 is 0 Å². The van der Waals surface area contributed by atoms with Crippen molar-refractivity contribution in [3.63, 3.8) is 0 Å². The van der Waals surface area contributed by atoms with Gasteiger partial charge in [0.1, 0.15) is 17.3 Å². The summed E-state index contributed by atoms with van der Waals surface area (Å²) < 4.78 is 0. The monoisotopic (exact) mass is 266 g/mol. The second-order valence-electron chi connectivity index (χ2n) is 3.18. The van der Waals surface area contributed by atoms with Crippen molar-refractivity contribution in [3.05, 3.63) is 12.7 Å². The minimum Gasteiger partial charge on any atom is -1.00 e. The number of rotatable bonds is 8. The fourth-order valence-electron chi connectivity index (χ4n) is 1.13. The molecule has 0 aliphatic carbocycles. The molecule has 0 N–H and O–H groups in total. The normalized spacial score (nSPS) is 9.77. The molecule has 0 rings (SSSR count). The van der Waals surface area contributed by atoms with Gasteiger partial charge in [-0.2, -0.15) is 0 Å². The van der Waals surface area contributed by atoms with Gasteiger partial charge in [-0.3, -0.25) is 0 Å². The van der Waals surface area contributed by atoms with Gasteiger partial charge < -0.3 is 17.0 Å². The maximum atomic E-state index is 3.82. The van der Waals surface area contributed by atoms with Crippen molar-refractivity contribution in [2.75, 3.05) is 17.3 Å². The Balaban J connectivity index is 0. The Labute approximate surface area is 97.3 Å². The summed E-state index contributed by atoms with van der Waals surface area (Å²) in [6.45, 7) is 8.37. The molecule has 0 aromatic rings. The molecule has 0 aromatic carbocycles. The van der Waals surface area contributed by atoms with Crippen molar-refractivity contribution < 1.29 is 17.0 Å². The molecule has 0 aliphatic rings. The van der Waals surface area contributed by atoms with Crippen LogP contribution in [0.1, 0.15) is 39.5 Å². The van der Waals surface area contributed by atoms with Crippen molar-refractivity contribution in [3.8, 4) is 0 Å². The van der Waals surface area contributed by atoms with Crippen molar-refractivity contribution in [1.82, 2.24) is 0 Å². The van der Waals surface area contributed by atoms with Crippen molar-refractivity contribution in [1.29, 1.82) is 0 Å². The van der Waals surface area contributed by atoms with Gasteiger partial charge in [0, 0.05) is 0 Å². The quantitative estimate of drug-likeness (QED) is 0.441. The number of hydrogen-bond donors (Lipinski definition) is 0. The first-order valence-corrected chi connectivity index (χ1v) is 6.83. The van der Waals surface area contributed by atoms with Crippen molar-refractivity contribution >= 4 is 10.9 Å². The summed E-state index contributed by atoms with van der Waals surface area (Å²) in [5, 5.41) is 0. The first kappa shape index (κ1) is 16.0. The fraction of sp³-hybridized carbons (Fsp3) is 0.818. The largest absolute Gasteiger partial charge is 1.00 e. The molecule has 2 heteroatoms. The average Bonchev–Trinajstić information content (AvgIpc) is 2.10. The molecule has 0 fully saturated rings. The van der Waals surface area contributed by atoms with Gasteiger partial charge in [0.2, 0.25) is 0 Å². The van der Waals surface area contributed by atoms with E-state index in [2.05, 4.69) is 26.5 Å². The Bertz CT molecular complexity index is 96.3. The Morgan fingerprint density at radius 2 is 1.54 bits per heavy atom. The van der Waals surface area contributed by atoms with E-state index in [-0.39, 0.29) is 17.0 Å². The van der Waals surface area contributed by atoms with Crippen LogP contribution in [-0.4, -0.2) is 17.3 Å². The average molecular weight is 267 g/mol. The van der Waals surface area contributed by atoms with Crippen LogP contribution in [0.15, 0.2) is 12.7 Å². The van der Waals surface area contributed by atoms with Crippen LogP contribution in [0.2, 0.25) is 0 Å². The fourth-order valence-corrected chi connectivity index (χ4v) is 3.40. The van der Waals surface area contributed by atoms with Crippen molar-refractivity contribution in [2.45, 2.75) is 39.5 Å². The summed E-state index contributed by atoms with van der Waals surface area (Å²) in [5.41, 5.74) is 0. The van der Waals surface area contributed by atoms with E-state index < -0.39 is 0 Å². The predicted molar refractivity (Wildman–Crippen MR) is 62.0 cm³/mol. The van der Waals surface area contributed by atoms with Crippen LogP contribution in [0.5, 0.6) is 0 Å². The lowest BCUT2D eigenvalue weighted by Gasteiger charge is -2.04. The Hall–Kier alpha value is 0.570. The first-order valence-electron chi connectivity index (χ1n) is 5.10. The third-order valence-electron chi connectivity index (χ3n) is 1.93. The van der Waals surface area contributed by atoms with E-state index in [1.807, 2.05) is 0 Å². The van der Waals surface area contributed by atoms with Gasteiger partial charge in [-0.15, -0.1) is 0 Å². The van der Waals surface area contributed by atoms with Crippen LogP contribution in [-0.2, 0) is 10.9 Å². The summed E-state index contributed by atoms with van der Waals surface area (Å²) in [6, 6.07) is 0. The second-order valence-corrected chi connectivity index (χ2v) is 5.56. The lowest BCUT2D eigenvalue weighted by atomic mass is 10.4. The van der Waals surface area contributed by atoms with Gasteiger partial charge in [0.05, 0.1) is 0 Å². The number of halogens is 1. The summed E-state index contributed by atoms with van der Waals surface area (Å²) >= 11 is 0. The van der Waals surface area contributed by atoms with Crippen LogP contribution in [0.25, 0.3) is 0 Å². The molecular weight excluding hydrogens is 244 g/mol. The highest BCUT2D eigenvalue weighted by Gasteiger charge is 2.13. The minimum absolute atomic E-state index is 0. The molecule has 0 aliphatic heterocycles. The highest BCUT2D eigenvalue weighted by molar-refractivity contribution is 7.96. The molecule has 0 radical (unpaired) electrons. The molecular formula is C11H23BrS. The third-order valence-corrected chi connectivity index (χ3v) is 4.37. The van der Waals surface area contributed by atoms with Crippen LogP contribution in [0.4, 0.5) is 0 Å². The van der Waals surface area contributed by atoms with E-state index in [1.54, 1.807) is 0 Å². The zero-order chi connectivity index (χ0) is 9.23. The first-order chi connectivity index (χ1) is 5.85. The lowest BCUT2D eigenvalue weighted by molar-refractivity contribution is -0.00000272.